The first-order chi connectivity index (χ1) is 11.0. The number of hydrogen-bond donors (Lipinski definition) is 2. The molecule has 0 heterocycles. The summed E-state index contributed by atoms with van der Waals surface area (Å²) in [6, 6.07) is 15.3. The number of hydrogen-bond acceptors (Lipinski definition) is 2. The fourth-order valence-corrected chi connectivity index (χ4v) is 2.15. The normalized spacial score (nSPS) is 13.7. The van der Waals surface area contributed by atoms with Crippen LogP contribution in [0.5, 0.6) is 0 Å². The van der Waals surface area contributed by atoms with Crippen molar-refractivity contribution >= 4 is 12.0 Å². The summed E-state index contributed by atoms with van der Waals surface area (Å²) in [5.41, 5.74) is 0.327. The maximum atomic E-state index is 13.0. The highest BCUT2D eigenvalue weighted by Crippen LogP contribution is 2.18. The van der Waals surface area contributed by atoms with Gasteiger partial charge in [-0.25, -0.2) is 4.39 Å². The Kier molecular flexibility index (Phi) is 5.66. The molecule has 0 fully saturated rings. The largest absolute Gasteiger partial charge is 0.384 e. The Morgan fingerprint density at radius 1 is 1.22 bits per heavy atom. The maximum absolute atomic E-state index is 13.0. The molecule has 120 valence electrons. The molecule has 0 radical (unpaired) electrons. The zero-order chi connectivity index (χ0) is 16.7. The Hall–Kier alpha value is -2.46. The SMILES string of the molecule is CC(O)(CNC(=O)CC=Cc1cccc(F)c1)c1ccccc1. The van der Waals surface area contributed by atoms with Gasteiger partial charge in [-0.05, 0) is 30.2 Å². The minimum Gasteiger partial charge on any atom is -0.384 e. The first-order valence-corrected chi connectivity index (χ1v) is 7.44. The van der Waals surface area contributed by atoms with E-state index < -0.39 is 5.60 Å². The molecule has 0 spiro atoms. The van der Waals surface area contributed by atoms with E-state index in [0.717, 1.165) is 5.56 Å². The van der Waals surface area contributed by atoms with Gasteiger partial charge in [0.1, 0.15) is 11.4 Å². The van der Waals surface area contributed by atoms with E-state index in [1.54, 1.807) is 31.2 Å². The van der Waals surface area contributed by atoms with Crippen LogP contribution in [0.25, 0.3) is 6.08 Å². The molecule has 2 aromatic carbocycles. The minimum atomic E-state index is -1.12. The van der Waals surface area contributed by atoms with Crippen molar-refractivity contribution in [3.05, 3.63) is 77.6 Å². The van der Waals surface area contributed by atoms with Gasteiger partial charge >= 0.3 is 0 Å². The van der Waals surface area contributed by atoms with Crippen LogP contribution in [0, 0.1) is 5.82 Å². The second-order valence-electron chi connectivity index (χ2n) is 5.58. The quantitative estimate of drug-likeness (QED) is 0.860. The highest BCUT2D eigenvalue weighted by molar-refractivity contribution is 5.78. The summed E-state index contributed by atoms with van der Waals surface area (Å²) in [4.78, 5) is 11.8. The predicted octanol–water partition coefficient (Wildman–Crippen LogP) is 3.25. The molecule has 4 heteroatoms. The fraction of sp³-hybridized carbons (Fsp3) is 0.211. The number of benzene rings is 2. The molecule has 0 saturated heterocycles. The summed E-state index contributed by atoms with van der Waals surface area (Å²) in [5, 5.41) is 13.1. The molecule has 1 unspecified atom stereocenters. The third-order valence-corrected chi connectivity index (χ3v) is 3.49. The van der Waals surface area contributed by atoms with Gasteiger partial charge in [-0.1, -0.05) is 54.6 Å². The lowest BCUT2D eigenvalue weighted by atomic mass is 9.96. The van der Waals surface area contributed by atoms with E-state index >= 15 is 0 Å². The van der Waals surface area contributed by atoms with E-state index in [1.165, 1.54) is 12.1 Å². The van der Waals surface area contributed by atoms with Crippen LogP contribution in [0.3, 0.4) is 0 Å². The van der Waals surface area contributed by atoms with Crippen molar-refractivity contribution in [3.8, 4) is 0 Å². The number of aliphatic hydroxyl groups is 1. The highest BCUT2D eigenvalue weighted by Gasteiger charge is 2.23. The second kappa shape index (κ2) is 7.70. The number of amides is 1. The van der Waals surface area contributed by atoms with Crippen LogP contribution in [0.1, 0.15) is 24.5 Å². The van der Waals surface area contributed by atoms with Gasteiger partial charge in [-0.15, -0.1) is 0 Å². The lowest BCUT2D eigenvalue weighted by Gasteiger charge is -2.24. The zero-order valence-electron chi connectivity index (χ0n) is 13.0. The van der Waals surface area contributed by atoms with Crippen LogP contribution in [0.2, 0.25) is 0 Å². The van der Waals surface area contributed by atoms with Crippen LogP contribution in [0.15, 0.2) is 60.7 Å². The smallest absolute Gasteiger partial charge is 0.223 e. The Labute approximate surface area is 135 Å². The molecular formula is C19H20FNO2. The number of halogens is 1. The van der Waals surface area contributed by atoms with Gasteiger partial charge in [0.25, 0.3) is 0 Å². The summed E-state index contributed by atoms with van der Waals surface area (Å²) in [7, 11) is 0. The summed E-state index contributed by atoms with van der Waals surface area (Å²) in [5.74, 6) is -0.510. The second-order valence-corrected chi connectivity index (χ2v) is 5.58. The van der Waals surface area contributed by atoms with Gasteiger partial charge in [0, 0.05) is 6.42 Å². The molecule has 1 atom stereocenters. The number of nitrogens with one attached hydrogen (secondary N) is 1. The van der Waals surface area contributed by atoms with Crippen molar-refractivity contribution in [1.29, 1.82) is 0 Å². The van der Waals surface area contributed by atoms with Crippen molar-refractivity contribution in [3.63, 3.8) is 0 Å². The maximum Gasteiger partial charge on any atom is 0.223 e. The standard InChI is InChI=1S/C19H20FNO2/c1-19(23,16-9-3-2-4-10-16)14-21-18(22)12-6-8-15-7-5-11-17(20)13-15/h2-11,13,23H,12,14H2,1H3,(H,21,22). The highest BCUT2D eigenvalue weighted by atomic mass is 19.1. The molecule has 0 aliphatic rings. The van der Waals surface area contributed by atoms with Crippen molar-refractivity contribution in [2.75, 3.05) is 6.54 Å². The molecule has 0 saturated carbocycles. The van der Waals surface area contributed by atoms with Gasteiger partial charge in [-0.2, -0.15) is 0 Å². The Morgan fingerprint density at radius 2 is 1.96 bits per heavy atom. The number of carbonyl (C=O) groups excluding carboxylic acids is 1. The molecule has 2 aromatic rings. The van der Waals surface area contributed by atoms with Crippen LogP contribution in [-0.4, -0.2) is 17.6 Å². The molecule has 0 aliphatic heterocycles. The van der Waals surface area contributed by atoms with Crippen LogP contribution in [-0.2, 0) is 10.4 Å². The molecule has 1 amide bonds. The number of carbonyl (C=O) groups is 1. The van der Waals surface area contributed by atoms with Crippen molar-refractivity contribution in [2.24, 2.45) is 0 Å². The van der Waals surface area contributed by atoms with Crippen LogP contribution < -0.4 is 5.32 Å². The zero-order valence-corrected chi connectivity index (χ0v) is 13.0. The minimum absolute atomic E-state index is 0.129. The van der Waals surface area contributed by atoms with E-state index in [2.05, 4.69) is 5.32 Å². The monoisotopic (exact) mass is 313 g/mol. The van der Waals surface area contributed by atoms with Gasteiger partial charge in [0.15, 0.2) is 0 Å². The first kappa shape index (κ1) is 16.9. The molecule has 0 aliphatic carbocycles. The van der Waals surface area contributed by atoms with Gasteiger partial charge in [0.2, 0.25) is 5.91 Å². The predicted molar refractivity (Wildman–Crippen MR) is 89.1 cm³/mol. The van der Waals surface area contributed by atoms with Crippen molar-refractivity contribution < 1.29 is 14.3 Å². The van der Waals surface area contributed by atoms with Gasteiger partial charge in [0.05, 0.1) is 6.54 Å². The first-order valence-electron chi connectivity index (χ1n) is 7.44. The lowest BCUT2D eigenvalue weighted by molar-refractivity contribution is -0.121. The van der Waals surface area contributed by atoms with Crippen LogP contribution in [0.4, 0.5) is 4.39 Å². The van der Waals surface area contributed by atoms with Crippen LogP contribution >= 0.6 is 0 Å². The van der Waals surface area contributed by atoms with Crippen molar-refractivity contribution in [2.45, 2.75) is 18.9 Å². The Morgan fingerprint density at radius 3 is 2.65 bits per heavy atom. The fourth-order valence-electron chi connectivity index (χ4n) is 2.15. The van der Waals surface area contributed by atoms with Gasteiger partial charge in [-0.3, -0.25) is 4.79 Å². The van der Waals surface area contributed by atoms with E-state index in [9.17, 15) is 14.3 Å². The van der Waals surface area contributed by atoms with E-state index in [-0.39, 0.29) is 24.7 Å². The van der Waals surface area contributed by atoms with Crippen molar-refractivity contribution in [1.82, 2.24) is 5.32 Å². The topological polar surface area (TPSA) is 49.3 Å². The Bertz CT molecular complexity index is 681. The third-order valence-electron chi connectivity index (χ3n) is 3.49. The van der Waals surface area contributed by atoms with E-state index in [4.69, 9.17) is 0 Å². The molecule has 3 nitrogen and oxygen atoms in total. The molecule has 2 N–H and O–H groups in total. The lowest BCUT2D eigenvalue weighted by Crippen LogP contribution is -2.38. The Balaban J connectivity index is 1.83. The van der Waals surface area contributed by atoms with Gasteiger partial charge < -0.3 is 10.4 Å². The summed E-state index contributed by atoms with van der Waals surface area (Å²) in [6.45, 7) is 1.79. The average molecular weight is 313 g/mol. The summed E-state index contributed by atoms with van der Waals surface area (Å²) < 4.78 is 13.0. The number of rotatable bonds is 6. The molecule has 0 bridgehead atoms. The molecule has 23 heavy (non-hydrogen) atoms. The average Bonchev–Trinajstić information content (AvgIpc) is 2.54. The summed E-state index contributed by atoms with van der Waals surface area (Å²) in [6.07, 6.45) is 3.53. The molecule has 2 rings (SSSR count). The van der Waals surface area contributed by atoms with E-state index in [1.807, 2.05) is 30.3 Å². The third kappa shape index (κ3) is 5.34. The molecule has 0 aromatic heterocycles. The van der Waals surface area contributed by atoms with E-state index in [0.29, 0.717) is 5.56 Å². The summed E-state index contributed by atoms with van der Waals surface area (Å²) >= 11 is 0. The molecular weight excluding hydrogens is 293 g/mol.